The molecule has 1 aromatic carbocycles. The minimum atomic E-state index is 0.473. The van der Waals surface area contributed by atoms with Gasteiger partial charge in [0.15, 0.2) is 0 Å². The molecule has 2 aromatic rings. The Labute approximate surface area is 128 Å². The number of nitrogens with one attached hydrogen (secondary N) is 1. The summed E-state index contributed by atoms with van der Waals surface area (Å²) in [5.41, 5.74) is 5.05. The van der Waals surface area contributed by atoms with Crippen LogP contribution in [0.3, 0.4) is 0 Å². The van der Waals surface area contributed by atoms with Crippen LogP contribution in [0.25, 0.3) is 10.9 Å². The molecule has 0 radical (unpaired) electrons. The van der Waals surface area contributed by atoms with E-state index in [0.29, 0.717) is 12.0 Å². The molecule has 1 aliphatic carbocycles. The molecule has 1 aromatic heterocycles. The Morgan fingerprint density at radius 2 is 1.95 bits per heavy atom. The number of hydrogen-bond donors (Lipinski definition) is 1. The van der Waals surface area contributed by atoms with Crippen molar-refractivity contribution in [2.45, 2.75) is 65.0 Å². The average Bonchev–Trinajstić information content (AvgIpc) is 2.97. The fourth-order valence-corrected chi connectivity index (χ4v) is 3.26. The van der Waals surface area contributed by atoms with Crippen molar-refractivity contribution in [2.75, 3.05) is 0 Å². The van der Waals surface area contributed by atoms with Gasteiger partial charge in [0.05, 0.1) is 5.52 Å². The number of rotatable bonds is 4. The van der Waals surface area contributed by atoms with Crippen LogP contribution in [0.2, 0.25) is 0 Å². The molecule has 1 heterocycles. The zero-order valence-electron chi connectivity index (χ0n) is 13.4. The molecular weight excluding hydrogens is 256 g/mol. The first kappa shape index (κ1) is 14.5. The van der Waals surface area contributed by atoms with Gasteiger partial charge in [-0.3, -0.25) is 4.98 Å². The summed E-state index contributed by atoms with van der Waals surface area (Å²) < 4.78 is 0. The number of aromatic nitrogens is 1. The van der Waals surface area contributed by atoms with Crippen LogP contribution in [0, 0.1) is 6.92 Å². The maximum absolute atomic E-state index is 4.83. The smallest absolute Gasteiger partial charge is 0.0708 e. The minimum Gasteiger partial charge on any atom is -0.310 e. The Kier molecular flexibility index (Phi) is 4.25. The molecule has 21 heavy (non-hydrogen) atoms. The second kappa shape index (κ2) is 6.15. The van der Waals surface area contributed by atoms with Gasteiger partial charge in [-0.15, -0.1) is 0 Å². The fraction of sp³-hybridized carbons (Fsp3) is 0.526. The molecule has 0 spiro atoms. The van der Waals surface area contributed by atoms with Crippen LogP contribution in [0.15, 0.2) is 24.3 Å². The highest BCUT2D eigenvalue weighted by Crippen LogP contribution is 2.24. The van der Waals surface area contributed by atoms with Gasteiger partial charge in [0.25, 0.3) is 0 Å². The molecule has 0 unspecified atom stereocenters. The van der Waals surface area contributed by atoms with Gasteiger partial charge in [-0.05, 0) is 49.4 Å². The van der Waals surface area contributed by atoms with Gasteiger partial charge in [0.2, 0.25) is 0 Å². The van der Waals surface area contributed by atoms with Gasteiger partial charge in [0, 0.05) is 23.7 Å². The van der Waals surface area contributed by atoms with Gasteiger partial charge in [-0.1, -0.05) is 38.3 Å². The van der Waals surface area contributed by atoms with Crippen molar-refractivity contribution in [2.24, 2.45) is 0 Å². The minimum absolute atomic E-state index is 0.473. The highest BCUT2D eigenvalue weighted by molar-refractivity contribution is 5.83. The van der Waals surface area contributed by atoms with E-state index >= 15 is 0 Å². The van der Waals surface area contributed by atoms with Gasteiger partial charge in [-0.25, -0.2) is 0 Å². The third-order valence-corrected chi connectivity index (χ3v) is 4.60. The zero-order chi connectivity index (χ0) is 14.8. The van der Waals surface area contributed by atoms with Crippen LogP contribution >= 0.6 is 0 Å². The average molecular weight is 282 g/mol. The van der Waals surface area contributed by atoms with E-state index in [1.807, 2.05) is 0 Å². The molecule has 0 amide bonds. The lowest BCUT2D eigenvalue weighted by atomic mass is 10.0. The van der Waals surface area contributed by atoms with E-state index in [9.17, 15) is 0 Å². The van der Waals surface area contributed by atoms with Gasteiger partial charge >= 0.3 is 0 Å². The summed E-state index contributed by atoms with van der Waals surface area (Å²) in [6.45, 7) is 7.56. The fourth-order valence-electron chi connectivity index (χ4n) is 3.26. The molecule has 0 aliphatic heterocycles. The first-order valence-corrected chi connectivity index (χ1v) is 8.27. The molecule has 1 N–H and O–H groups in total. The number of aryl methyl sites for hydroxylation is 1. The zero-order valence-corrected chi connectivity index (χ0v) is 13.4. The van der Waals surface area contributed by atoms with Crippen LogP contribution in [-0.2, 0) is 6.54 Å². The van der Waals surface area contributed by atoms with E-state index in [4.69, 9.17) is 4.98 Å². The molecule has 0 saturated heterocycles. The van der Waals surface area contributed by atoms with Crippen molar-refractivity contribution >= 4 is 10.9 Å². The summed E-state index contributed by atoms with van der Waals surface area (Å²) in [5.74, 6) is 0.473. The van der Waals surface area contributed by atoms with Gasteiger partial charge in [-0.2, -0.15) is 0 Å². The van der Waals surface area contributed by atoms with E-state index in [2.05, 4.69) is 50.4 Å². The molecular formula is C19H26N2. The summed E-state index contributed by atoms with van der Waals surface area (Å²) in [6, 6.07) is 9.61. The Hall–Kier alpha value is -1.41. The van der Waals surface area contributed by atoms with E-state index < -0.39 is 0 Å². The van der Waals surface area contributed by atoms with E-state index in [0.717, 1.165) is 12.1 Å². The first-order chi connectivity index (χ1) is 10.1. The summed E-state index contributed by atoms with van der Waals surface area (Å²) in [6.07, 6.45) is 5.42. The highest BCUT2D eigenvalue weighted by atomic mass is 14.9. The standard InChI is InChI=1S/C19H26N2/c1-13(2)19-11-15(12-20-16-6-4-5-7-16)17-10-14(3)8-9-18(17)21-19/h8-11,13,16,20H,4-7,12H2,1-3H3. The third-order valence-electron chi connectivity index (χ3n) is 4.60. The second-order valence-electron chi connectivity index (χ2n) is 6.74. The number of fused-ring (bicyclic) bond motifs is 1. The van der Waals surface area contributed by atoms with Crippen molar-refractivity contribution in [3.63, 3.8) is 0 Å². The summed E-state index contributed by atoms with van der Waals surface area (Å²) in [5, 5.41) is 5.06. The molecule has 0 bridgehead atoms. The van der Waals surface area contributed by atoms with Crippen LogP contribution in [0.1, 0.15) is 62.3 Å². The molecule has 2 heteroatoms. The lowest BCUT2D eigenvalue weighted by molar-refractivity contribution is 0.525. The Balaban J connectivity index is 1.94. The maximum atomic E-state index is 4.83. The lowest BCUT2D eigenvalue weighted by Gasteiger charge is -2.16. The van der Waals surface area contributed by atoms with Crippen molar-refractivity contribution in [3.8, 4) is 0 Å². The predicted octanol–water partition coefficient (Wildman–Crippen LogP) is 4.70. The van der Waals surface area contributed by atoms with E-state index in [1.54, 1.807) is 0 Å². The van der Waals surface area contributed by atoms with E-state index in [-0.39, 0.29) is 0 Å². The summed E-state index contributed by atoms with van der Waals surface area (Å²) in [7, 11) is 0. The Morgan fingerprint density at radius 3 is 2.67 bits per heavy atom. The Bertz CT molecular complexity index is 625. The topological polar surface area (TPSA) is 24.9 Å². The largest absolute Gasteiger partial charge is 0.310 e. The molecule has 1 saturated carbocycles. The summed E-state index contributed by atoms with van der Waals surface area (Å²) >= 11 is 0. The normalized spacial score (nSPS) is 16.2. The predicted molar refractivity (Wildman–Crippen MR) is 89.7 cm³/mol. The quantitative estimate of drug-likeness (QED) is 0.879. The number of pyridine rings is 1. The van der Waals surface area contributed by atoms with Gasteiger partial charge in [0.1, 0.15) is 0 Å². The molecule has 2 nitrogen and oxygen atoms in total. The van der Waals surface area contributed by atoms with Crippen LogP contribution < -0.4 is 5.32 Å². The highest BCUT2D eigenvalue weighted by Gasteiger charge is 2.15. The number of hydrogen-bond acceptors (Lipinski definition) is 2. The van der Waals surface area contributed by atoms with Crippen molar-refractivity contribution < 1.29 is 0 Å². The maximum Gasteiger partial charge on any atom is 0.0708 e. The Morgan fingerprint density at radius 1 is 1.19 bits per heavy atom. The molecule has 0 atom stereocenters. The molecule has 1 aliphatic rings. The van der Waals surface area contributed by atoms with Crippen molar-refractivity contribution in [1.82, 2.24) is 10.3 Å². The summed E-state index contributed by atoms with van der Waals surface area (Å²) in [4.78, 5) is 4.83. The van der Waals surface area contributed by atoms with Crippen LogP contribution in [0.4, 0.5) is 0 Å². The second-order valence-corrected chi connectivity index (χ2v) is 6.74. The SMILES string of the molecule is Cc1ccc2nc(C(C)C)cc(CNC3CCCC3)c2c1. The van der Waals surface area contributed by atoms with Crippen molar-refractivity contribution in [1.29, 1.82) is 0 Å². The van der Waals surface area contributed by atoms with Gasteiger partial charge < -0.3 is 5.32 Å². The number of nitrogens with zero attached hydrogens (tertiary/aromatic N) is 1. The molecule has 112 valence electrons. The van der Waals surface area contributed by atoms with E-state index in [1.165, 1.54) is 47.9 Å². The van der Waals surface area contributed by atoms with Crippen molar-refractivity contribution in [3.05, 3.63) is 41.1 Å². The molecule has 1 fully saturated rings. The third kappa shape index (κ3) is 3.26. The lowest BCUT2D eigenvalue weighted by Crippen LogP contribution is -2.25. The molecule has 3 rings (SSSR count). The monoisotopic (exact) mass is 282 g/mol. The van der Waals surface area contributed by atoms with Crippen LogP contribution in [0.5, 0.6) is 0 Å². The number of benzene rings is 1. The first-order valence-electron chi connectivity index (χ1n) is 8.27. The van der Waals surface area contributed by atoms with Crippen LogP contribution in [-0.4, -0.2) is 11.0 Å².